The van der Waals surface area contributed by atoms with Crippen LogP contribution in [0.15, 0.2) is 0 Å². The molecule has 43 valence electrons. The van der Waals surface area contributed by atoms with E-state index < -0.39 is 0 Å². The topological polar surface area (TPSA) is 17.1 Å². The molecule has 1 radical (unpaired) electrons. The van der Waals surface area contributed by atoms with Gasteiger partial charge in [0.25, 0.3) is 0 Å². The minimum absolute atomic E-state index is 0.104. The minimum Gasteiger partial charge on any atom is -0.291 e. The molecule has 0 aromatic carbocycles. The van der Waals surface area contributed by atoms with Crippen LogP contribution in [0.2, 0.25) is 0 Å². The van der Waals surface area contributed by atoms with E-state index >= 15 is 0 Å². The van der Waals surface area contributed by atoms with Gasteiger partial charge in [0.1, 0.15) is 0 Å². The molecule has 0 spiro atoms. The Morgan fingerprint density at radius 2 is 2.38 bits per heavy atom. The van der Waals surface area contributed by atoms with Crippen molar-refractivity contribution in [2.75, 3.05) is 0 Å². The van der Waals surface area contributed by atoms with Gasteiger partial charge in [-0.2, -0.15) is 0 Å². The molecule has 0 heterocycles. The predicted octanol–water partition coefficient (Wildman–Crippen LogP) is 1.15. The fourth-order valence-corrected chi connectivity index (χ4v) is 0.422. The summed E-state index contributed by atoms with van der Waals surface area (Å²) in [6.45, 7) is 1.96. The average molecular weight is 109 g/mol. The van der Waals surface area contributed by atoms with Crippen LogP contribution in [0.25, 0.3) is 0 Å². The van der Waals surface area contributed by atoms with Gasteiger partial charge in [-0.25, -0.2) is 0 Å². The lowest BCUT2D eigenvalue weighted by molar-refractivity contribution is 0.536. The van der Waals surface area contributed by atoms with E-state index in [1.54, 1.807) is 6.29 Å². The average Bonchev–Trinajstić information content (AvgIpc) is 1.83. The second-order valence-electron chi connectivity index (χ2n) is 1.62. The summed E-state index contributed by atoms with van der Waals surface area (Å²) in [5.74, 6) is 2.59. The standard InChI is InChI=1S/C7H9O/c1-3-7(4-2)5-6-8/h1,7H,4-5H2,2H3. The maximum absolute atomic E-state index is 9.71. The molecular weight excluding hydrogens is 100 g/mol. The van der Waals surface area contributed by atoms with E-state index in [4.69, 9.17) is 6.42 Å². The summed E-state index contributed by atoms with van der Waals surface area (Å²) in [6.07, 6.45) is 8.07. The Morgan fingerprint density at radius 1 is 1.75 bits per heavy atom. The molecule has 0 aliphatic heterocycles. The molecule has 0 aliphatic carbocycles. The summed E-state index contributed by atoms with van der Waals surface area (Å²) in [6, 6.07) is 0. The van der Waals surface area contributed by atoms with Crippen molar-refractivity contribution in [3.05, 3.63) is 0 Å². The Labute approximate surface area is 50.1 Å². The van der Waals surface area contributed by atoms with Gasteiger partial charge in [-0.15, -0.1) is 12.3 Å². The lowest BCUT2D eigenvalue weighted by atomic mass is 10.1. The van der Waals surface area contributed by atoms with Gasteiger partial charge in [0, 0.05) is 12.3 Å². The van der Waals surface area contributed by atoms with Gasteiger partial charge in [0.2, 0.25) is 0 Å². The summed E-state index contributed by atoms with van der Waals surface area (Å²) in [5.41, 5.74) is 0. The molecule has 0 N–H and O–H groups in total. The zero-order valence-corrected chi connectivity index (χ0v) is 4.98. The molecule has 1 heteroatoms. The molecule has 0 amide bonds. The van der Waals surface area contributed by atoms with E-state index in [-0.39, 0.29) is 5.92 Å². The zero-order chi connectivity index (χ0) is 6.41. The lowest BCUT2D eigenvalue weighted by Crippen LogP contribution is -1.93. The normalized spacial score (nSPS) is 12.0. The Balaban J connectivity index is 3.40. The van der Waals surface area contributed by atoms with Gasteiger partial charge in [-0.05, 0) is 6.42 Å². The minimum atomic E-state index is 0.104. The molecule has 0 aliphatic rings. The fourth-order valence-electron chi connectivity index (χ4n) is 0.422. The van der Waals surface area contributed by atoms with Crippen LogP contribution in [0.5, 0.6) is 0 Å². The van der Waals surface area contributed by atoms with Gasteiger partial charge in [0.05, 0.1) is 0 Å². The first-order valence-corrected chi connectivity index (χ1v) is 2.66. The molecule has 1 atom stereocenters. The van der Waals surface area contributed by atoms with Crippen LogP contribution in [-0.4, -0.2) is 6.29 Å². The number of rotatable bonds is 3. The number of hydrogen-bond acceptors (Lipinski definition) is 1. The maximum atomic E-state index is 9.71. The highest BCUT2D eigenvalue weighted by molar-refractivity contribution is 5.51. The van der Waals surface area contributed by atoms with E-state index in [1.807, 2.05) is 6.92 Å². The van der Waals surface area contributed by atoms with Crippen molar-refractivity contribution in [2.24, 2.45) is 5.92 Å². The van der Waals surface area contributed by atoms with Gasteiger partial charge in [0.15, 0.2) is 6.29 Å². The fraction of sp³-hybridized carbons (Fsp3) is 0.571. The SMILES string of the molecule is C#CC(CC)C[C]=O. The van der Waals surface area contributed by atoms with Gasteiger partial charge < -0.3 is 0 Å². The van der Waals surface area contributed by atoms with E-state index in [0.29, 0.717) is 6.42 Å². The monoisotopic (exact) mass is 109 g/mol. The number of hydrogen-bond donors (Lipinski definition) is 0. The highest BCUT2D eigenvalue weighted by atomic mass is 16.1. The maximum Gasteiger partial charge on any atom is 0.199 e. The van der Waals surface area contributed by atoms with Crippen LogP contribution in [-0.2, 0) is 4.79 Å². The summed E-state index contributed by atoms with van der Waals surface area (Å²) in [4.78, 5) is 9.71. The molecule has 0 saturated heterocycles. The number of terminal acetylenes is 1. The molecule has 1 nitrogen and oxygen atoms in total. The summed E-state index contributed by atoms with van der Waals surface area (Å²) >= 11 is 0. The summed E-state index contributed by atoms with van der Waals surface area (Å²) < 4.78 is 0. The van der Waals surface area contributed by atoms with Gasteiger partial charge >= 0.3 is 0 Å². The van der Waals surface area contributed by atoms with Crippen molar-refractivity contribution in [2.45, 2.75) is 19.8 Å². The first-order valence-electron chi connectivity index (χ1n) is 2.66. The first kappa shape index (κ1) is 7.23. The molecule has 8 heavy (non-hydrogen) atoms. The van der Waals surface area contributed by atoms with Crippen molar-refractivity contribution >= 4 is 6.29 Å². The van der Waals surface area contributed by atoms with Crippen LogP contribution in [0, 0.1) is 18.3 Å². The Kier molecular flexibility index (Phi) is 3.97. The second kappa shape index (κ2) is 4.39. The van der Waals surface area contributed by atoms with Crippen molar-refractivity contribution < 1.29 is 4.79 Å². The van der Waals surface area contributed by atoms with Gasteiger partial charge in [-0.3, -0.25) is 4.79 Å². The molecule has 0 aromatic heterocycles. The van der Waals surface area contributed by atoms with Crippen molar-refractivity contribution in [1.82, 2.24) is 0 Å². The van der Waals surface area contributed by atoms with Crippen LogP contribution in [0.1, 0.15) is 19.8 Å². The quantitative estimate of drug-likeness (QED) is 0.497. The summed E-state index contributed by atoms with van der Waals surface area (Å²) in [7, 11) is 0. The molecule has 0 saturated carbocycles. The van der Waals surface area contributed by atoms with E-state index in [0.717, 1.165) is 6.42 Å². The molecular formula is C7H9O. The van der Waals surface area contributed by atoms with E-state index in [1.165, 1.54) is 0 Å². The molecule has 0 rings (SSSR count). The first-order chi connectivity index (χ1) is 3.85. The Hall–Kier alpha value is -0.770. The third-order valence-electron chi connectivity index (χ3n) is 1.06. The molecule has 0 bridgehead atoms. The smallest absolute Gasteiger partial charge is 0.199 e. The second-order valence-corrected chi connectivity index (χ2v) is 1.62. The predicted molar refractivity (Wildman–Crippen MR) is 32.9 cm³/mol. The van der Waals surface area contributed by atoms with Crippen LogP contribution in [0.4, 0.5) is 0 Å². The Bertz CT molecular complexity index is 99.4. The van der Waals surface area contributed by atoms with Crippen molar-refractivity contribution in [1.29, 1.82) is 0 Å². The highest BCUT2D eigenvalue weighted by Crippen LogP contribution is 2.02. The van der Waals surface area contributed by atoms with E-state index in [9.17, 15) is 4.79 Å². The van der Waals surface area contributed by atoms with Crippen molar-refractivity contribution in [3.63, 3.8) is 0 Å². The lowest BCUT2D eigenvalue weighted by Gasteiger charge is -1.97. The molecule has 1 unspecified atom stereocenters. The summed E-state index contributed by atoms with van der Waals surface area (Å²) in [5, 5.41) is 0. The molecule has 0 fully saturated rings. The van der Waals surface area contributed by atoms with Crippen molar-refractivity contribution in [3.8, 4) is 12.3 Å². The number of carbonyl (C=O) groups excluding carboxylic acids is 1. The third-order valence-corrected chi connectivity index (χ3v) is 1.06. The van der Waals surface area contributed by atoms with Crippen LogP contribution >= 0.6 is 0 Å². The largest absolute Gasteiger partial charge is 0.291 e. The third kappa shape index (κ3) is 2.41. The zero-order valence-electron chi connectivity index (χ0n) is 4.98. The van der Waals surface area contributed by atoms with Gasteiger partial charge in [-0.1, -0.05) is 6.92 Å². The molecule has 0 aromatic rings. The highest BCUT2D eigenvalue weighted by Gasteiger charge is 1.98. The van der Waals surface area contributed by atoms with E-state index in [2.05, 4.69) is 5.92 Å². The van der Waals surface area contributed by atoms with Crippen LogP contribution in [0.3, 0.4) is 0 Å². The Morgan fingerprint density at radius 3 is 2.50 bits per heavy atom. The van der Waals surface area contributed by atoms with Crippen LogP contribution < -0.4 is 0 Å².